The van der Waals surface area contributed by atoms with E-state index in [1.807, 2.05) is 12.1 Å². The van der Waals surface area contributed by atoms with Gasteiger partial charge in [0.05, 0.1) is 0 Å². The second kappa shape index (κ2) is 5.37. The van der Waals surface area contributed by atoms with Crippen LogP contribution in [-0.4, -0.2) is 44.0 Å². The number of amidine groups is 1. The quantitative estimate of drug-likeness (QED) is 0.670. The van der Waals surface area contributed by atoms with E-state index in [0.717, 1.165) is 24.0 Å². The molecule has 0 amide bonds. The lowest BCUT2D eigenvalue weighted by atomic mass is 10.0. The zero-order valence-electron chi connectivity index (χ0n) is 12.6. The van der Waals surface area contributed by atoms with Crippen molar-refractivity contribution < 1.29 is 0 Å². The van der Waals surface area contributed by atoms with E-state index < -0.39 is 0 Å². The molecule has 0 spiro atoms. The zero-order chi connectivity index (χ0) is 15.0. The topological polar surface area (TPSA) is 56.4 Å². The minimum atomic E-state index is 0.130. The zero-order valence-corrected chi connectivity index (χ0v) is 12.6. The van der Waals surface area contributed by atoms with Crippen LogP contribution in [0.5, 0.6) is 0 Å². The first-order chi connectivity index (χ1) is 10.1. The van der Waals surface area contributed by atoms with E-state index in [0.29, 0.717) is 6.04 Å². The van der Waals surface area contributed by atoms with Gasteiger partial charge in [0.15, 0.2) is 0 Å². The summed E-state index contributed by atoms with van der Waals surface area (Å²) in [4.78, 5) is 4.74. The molecule has 0 aromatic heterocycles. The molecular weight excluding hydrogens is 260 g/mol. The van der Waals surface area contributed by atoms with Crippen molar-refractivity contribution >= 4 is 22.3 Å². The van der Waals surface area contributed by atoms with Gasteiger partial charge in [0, 0.05) is 35.8 Å². The van der Waals surface area contributed by atoms with Crippen LogP contribution in [0.25, 0.3) is 10.8 Å². The van der Waals surface area contributed by atoms with E-state index in [4.69, 9.17) is 11.1 Å². The molecule has 0 radical (unpaired) electrons. The van der Waals surface area contributed by atoms with Gasteiger partial charge in [-0.25, -0.2) is 0 Å². The number of fused-ring (bicyclic) bond motifs is 1. The number of likely N-dealkylation sites (N-methyl/N-ethyl adjacent to an activating group) is 1. The lowest BCUT2D eigenvalue weighted by molar-refractivity contribution is 0.315. The van der Waals surface area contributed by atoms with Crippen LogP contribution in [0, 0.1) is 5.41 Å². The summed E-state index contributed by atoms with van der Waals surface area (Å²) in [5.41, 5.74) is 7.78. The number of nitrogens with zero attached hydrogens (tertiary/aromatic N) is 2. The molecule has 1 atom stereocenters. The van der Waals surface area contributed by atoms with Crippen LogP contribution in [0.15, 0.2) is 36.4 Å². The molecule has 1 heterocycles. The van der Waals surface area contributed by atoms with Crippen LogP contribution in [-0.2, 0) is 0 Å². The van der Waals surface area contributed by atoms with E-state index in [9.17, 15) is 0 Å². The average Bonchev–Trinajstić information content (AvgIpc) is 2.95. The van der Waals surface area contributed by atoms with Crippen molar-refractivity contribution in [2.24, 2.45) is 5.73 Å². The first-order valence-corrected chi connectivity index (χ1v) is 7.35. The number of nitrogens with one attached hydrogen (secondary N) is 1. The van der Waals surface area contributed by atoms with Crippen molar-refractivity contribution in [3.63, 3.8) is 0 Å². The van der Waals surface area contributed by atoms with E-state index in [2.05, 4.69) is 48.2 Å². The summed E-state index contributed by atoms with van der Waals surface area (Å²) in [5, 5.41) is 9.99. The third-order valence-electron chi connectivity index (χ3n) is 4.43. The van der Waals surface area contributed by atoms with Gasteiger partial charge in [-0.3, -0.25) is 5.41 Å². The van der Waals surface area contributed by atoms with Gasteiger partial charge in [-0.2, -0.15) is 0 Å². The predicted octanol–water partition coefficient (Wildman–Crippen LogP) is 2.26. The molecule has 1 fully saturated rings. The summed E-state index contributed by atoms with van der Waals surface area (Å²) >= 11 is 0. The summed E-state index contributed by atoms with van der Waals surface area (Å²) in [6, 6.07) is 12.9. The Kier molecular flexibility index (Phi) is 3.55. The lowest BCUT2D eigenvalue weighted by Gasteiger charge is -2.23. The molecule has 4 nitrogen and oxygen atoms in total. The molecule has 0 saturated carbocycles. The fourth-order valence-electron chi connectivity index (χ4n) is 3.18. The highest BCUT2D eigenvalue weighted by Crippen LogP contribution is 2.32. The Labute approximate surface area is 125 Å². The molecule has 0 bridgehead atoms. The summed E-state index contributed by atoms with van der Waals surface area (Å²) < 4.78 is 0. The van der Waals surface area contributed by atoms with Crippen LogP contribution in [0.1, 0.15) is 12.0 Å². The Morgan fingerprint density at radius 1 is 1.19 bits per heavy atom. The largest absolute Gasteiger partial charge is 0.384 e. The summed E-state index contributed by atoms with van der Waals surface area (Å²) in [6.45, 7) is 2.13. The highest BCUT2D eigenvalue weighted by atomic mass is 15.2. The molecule has 3 N–H and O–H groups in total. The number of anilines is 1. The molecule has 3 rings (SSSR count). The number of nitrogen functional groups attached to an aromatic ring is 1. The Morgan fingerprint density at radius 2 is 1.90 bits per heavy atom. The molecule has 2 aromatic rings. The molecular formula is C17H22N4. The number of benzene rings is 2. The molecule has 110 valence electrons. The van der Waals surface area contributed by atoms with E-state index in [1.54, 1.807) is 0 Å². The van der Waals surface area contributed by atoms with Gasteiger partial charge in [0.25, 0.3) is 0 Å². The fraction of sp³-hybridized carbons (Fsp3) is 0.353. The van der Waals surface area contributed by atoms with Gasteiger partial charge in [-0.05, 0) is 38.0 Å². The van der Waals surface area contributed by atoms with Crippen molar-refractivity contribution in [1.82, 2.24) is 4.90 Å². The molecule has 1 aliphatic rings. The minimum Gasteiger partial charge on any atom is -0.384 e. The molecule has 1 unspecified atom stereocenters. The summed E-state index contributed by atoms with van der Waals surface area (Å²) in [6.07, 6.45) is 1.19. The normalized spacial score (nSPS) is 18.6. The van der Waals surface area contributed by atoms with Crippen molar-refractivity contribution in [3.05, 3.63) is 42.0 Å². The van der Waals surface area contributed by atoms with Crippen LogP contribution < -0.4 is 10.6 Å². The van der Waals surface area contributed by atoms with Crippen molar-refractivity contribution in [2.75, 3.05) is 32.1 Å². The van der Waals surface area contributed by atoms with Gasteiger partial charge in [-0.15, -0.1) is 0 Å². The minimum absolute atomic E-state index is 0.130. The molecule has 21 heavy (non-hydrogen) atoms. The van der Waals surface area contributed by atoms with Gasteiger partial charge in [0.1, 0.15) is 5.84 Å². The highest BCUT2D eigenvalue weighted by Gasteiger charge is 2.25. The average molecular weight is 282 g/mol. The standard InChI is InChI=1S/C17H22N4/c1-20(2)12-9-10-21(11-12)16-8-7-15(17(18)19)13-5-3-4-6-14(13)16/h3-8,12H,9-11H2,1-2H3,(H3,18,19). The number of hydrogen-bond donors (Lipinski definition) is 2. The Bertz CT molecular complexity index is 678. The molecule has 0 aliphatic carbocycles. The van der Waals surface area contributed by atoms with Gasteiger partial charge in [-0.1, -0.05) is 24.3 Å². The van der Waals surface area contributed by atoms with Crippen molar-refractivity contribution in [2.45, 2.75) is 12.5 Å². The van der Waals surface area contributed by atoms with Gasteiger partial charge >= 0.3 is 0 Å². The third kappa shape index (κ3) is 2.47. The molecule has 4 heteroatoms. The van der Waals surface area contributed by atoms with Crippen molar-refractivity contribution in [3.8, 4) is 0 Å². The maximum Gasteiger partial charge on any atom is 0.123 e. The third-order valence-corrected chi connectivity index (χ3v) is 4.43. The first kappa shape index (κ1) is 13.9. The lowest BCUT2D eigenvalue weighted by Crippen LogP contribution is -2.31. The fourth-order valence-corrected chi connectivity index (χ4v) is 3.18. The summed E-state index contributed by atoms with van der Waals surface area (Å²) in [7, 11) is 4.29. The molecule has 2 aromatic carbocycles. The SMILES string of the molecule is CN(C)C1CCN(c2ccc(C(=N)N)c3ccccc23)C1. The van der Waals surface area contributed by atoms with E-state index in [1.165, 1.54) is 17.5 Å². The van der Waals surface area contributed by atoms with Gasteiger partial charge in [0.2, 0.25) is 0 Å². The number of hydrogen-bond acceptors (Lipinski definition) is 3. The molecule has 1 saturated heterocycles. The number of rotatable bonds is 3. The van der Waals surface area contributed by atoms with E-state index in [-0.39, 0.29) is 5.84 Å². The highest BCUT2D eigenvalue weighted by molar-refractivity contribution is 6.10. The molecule has 1 aliphatic heterocycles. The van der Waals surface area contributed by atoms with Crippen LogP contribution in [0.3, 0.4) is 0 Å². The smallest absolute Gasteiger partial charge is 0.123 e. The Hall–Kier alpha value is -2.07. The van der Waals surface area contributed by atoms with Crippen LogP contribution >= 0.6 is 0 Å². The second-order valence-electron chi connectivity index (χ2n) is 5.94. The van der Waals surface area contributed by atoms with Crippen LogP contribution in [0.4, 0.5) is 5.69 Å². The van der Waals surface area contributed by atoms with Gasteiger partial charge < -0.3 is 15.5 Å². The summed E-state index contributed by atoms with van der Waals surface area (Å²) in [5.74, 6) is 0.130. The van der Waals surface area contributed by atoms with Crippen LogP contribution in [0.2, 0.25) is 0 Å². The Balaban J connectivity index is 2.05. The monoisotopic (exact) mass is 282 g/mol. The predicted molar refractivity (Wildman–Crippen MR) is 89.3 cm³/mol. The van der Waals surface area contributed by atoms with Crippen molar-refractivity contribution in [1.29, 1.82) is 5.41 Å². The maximum absolute atomic E-state index is 7.74. The number of nitrogens with two attached hydrogens (primary N) is 1. The van der Waals surface area contributed by atoms with E-state index >= 15 is 0 Å². The first-order valence-electron chi connectivity index (χ1n) is 7.35. The maximum atomic E-state index is 7.74. The Morgan fingerprint density at radius 3 is 2.52 bits per heavy atom. The second-order valence-corrected chi connectivity index (χ2v) is 5.94.